The fourth-order valence-electron chi connectivity index (χ4n) is 0.707. The number of hydrogen-bond donors (Lipinski definition) is 3. The van der Waals surface area contributed by atoms with Gasteiger partial charge in [-0.25, -0.2) is 4.79 Å². The van der Waals surface area contributed by atoms with Crippen molar-refractivity contribution in [2.45, 2.75) is 0 Å². The van der Waals surface area contributed by atoms with Gasteiger partial charge in [0.25, 0.3) is 0 Å². The second-order valence-corrected chi connectivity index (χ2v) is 3.92. The fraction of sp³-hybridized carbons (Fsp3) is 0.286. The zero-order valence-corrected chi connectivity index (χ0v) is 8.28. The van der Waals surface area contributed by atoms with Crippen LogP contribution in [0, 0.1) is 0 Å². The van der Waals surface area contributed by atoms with E-state index in [-0.39, 0.29) is 19.2 Å². The molecule has 6 heteroatoms. The van der Waals surface area contributed by atoms with E-state index in [1.807, 2.05) is 0 Å². The van der Waals surface area contributed by atoms with Crippen molar-refractivity contribution in [1.29, 1.82) is 0 Å². The van der Waals surface area contributed by atoms with Gasteiger partial charge in [0.2, 0.25) is 0 Å². The highest BCUT2D eigenvalue weighted by molar-refractivity contribution is 7.20. The number of urea groups is 1. The summed E-state index contributed by atoms with van der Waals surface area (Å²) in [6, 6.07) is 3.08. The summed E-state index contributed by atoms with van der Waals surface area (Å²) in [5, 5.41) is 14.1. The van der Waals surface area contributed by atoms with E-state index in [1.165, 1.54) is 11.3 Å². The van der Waals surface area contributed by atoms with E-state index < -0.39 is 0 Å². The molecule has 4 nitrogen and oxygen atoms in total. The summed E-state index contributed by atoms with van der Waals surface area (Å²) in [7, 11) is 0. The number of rotatable bonds is 3. The van der Waals surface area contributed by atoms with Gasteiger partial charge in [0.1, 0.15) is 0 Å². The maximum absolute atomic E-state index is 11.0. The molecule has 3 N–H and O–H groups in total. The van der Waals surface area contributed by atoms with Gasteiger partial charge in [0, 0.05) is 6.54 Å². The Bertz CT molecular complexity index is 290. The predicted molar refractivity (Wildman–Crippen MR) is 53.4 cm³/mol. The maximum Gasteiger partial charge on any atom is 0.319 e. The van der Waals surface area contributed by atoms with E-state index in [2.05, 4.69) is 10.6 Å². The third-order valence-corrected chi connectivity index (χ3v) is 2.35. The topological polar surface area (TPSA) is 61.4 Å². The number of carbonyl (C=O) groups excluding carboxylic acids is 1. The van der Waals surface area contributed by atoms with Crippen LogP contribution in [0.15, 0.2) is 12.1 Å². The molecule has 0 spiro atoms. The lowest BCUT2D eigenvalue weighted by Crippen LogP contribution is -2.30. The molecule has 0 saturated carbocycles. The van der Waals surface area contributed by atoms with Crippen molar-refractivity contribution in [2.75, 3.05) is 18.5 Å². The van der Waals surface area contributed by atoms with E-state index >= 15 is 0 Å². The minimum atomic E-state index is -0.340. The summed E-state index contributed by atoms with van der Waals surface area (Å²) in [6.45, 7) is 0.170. The highest BCUT2D eigenvalue weighted by Crippen LogP contribution is 2.25. The van der Waals surface area contributed by atoms with Gasteiger partial charge < -0.3 is 10.4 Å². The first-order valence-electron chi connectivity index (χ1n) is 3.63. The van der Waals surface area contributed by atoms with Gasteiger partial charge in [-0.05, 0) is 12.1 Å². The van der Waals surface area contributed by atoms with Crippen molar-refractivity contribution in [3.63, 3.8) is 0 Å². The van der Waals surface area contributed by atoms with E-state index in [0.717, 1.165) is 0 Å². The quantitative estimate of drug-likeness (QED) is 0.723. The standard InChI is InChI=1S/C7H9ClN2O2S/c8-5-1-2-6(13-5)10-7(12)9-3-4-11/h1-2,11H,3-4H2,(H2,9,10,12). The Balaban J connectivity index is 2.36. The minimum absolute atomic E-state index is 0.0708. The second-order valence-electron chi connectivity index (χ2n) is 2.21. The number of aliphatic hydroxyl groups excluding tert-OH is 1. The van der Waals surface area contributed by atoms with Crippen LogP contribution in [0.1, 0.15) is 0 Å². The lowest BCUT2D eigenvalue weighted by atomic mass is 10.6. The summed E-state index contributed by atoms with van der Waals surface area (Å²) in [5.74, 6) is 0. The van der Waals surface area contributed by atoms with Gasteiger partial charge in [0.15, 0.2) is 0 Å². The molecule has 1 aromatic heterocycles. The molecule has 72 valence electrons. The third kappa shape index (κ3) is 3.63. The molecule has 0 aromatic carbocycles. The van der Waals surface area contributed by atoms with Crippen molar-refractivity contribution in [2.24, 2.45) is 0 Å². The average Bonchev–Trinajstić information content (AvgIpc) is 2.48. The van der Waals surface area contributed by atoms with Crippen molar-refractivity contribution in [1.82, 2.24) is 5.32 Å². The van der Waals surface area contributed by atoms with E-state index in [0.29, 0.717) is 9.34 Å². The number of aliphatic hydroxyl groups is 1. The number of anilines is 1. The first-order chi connectivity index (χ1) is 6.22. The predicted octanol–water partition coefficient (Wildman–Crippen LogP) is 1.52. The SMILES string of the molecule is O=C(NCCO)Nc1ccc(Cl)s1. The van der Waals surface area contributed by atoms with Gasteiger partial charge in [-0.1, -0.05) is 11.6 Å². The smallest absolute Gasteiger partial charge is 0.319 e. The average molecular weight is 221 g/mol. The molecule has 1 heterocycles. The molecule has 13 heavy (non-hydrogen) atoms. The molecule has 0 bridgehead atoms. The molecule has 0 aliphatic carbocycles. The van der Waals surface area contributed by atoms with Crippen LogP contribution in [-0.4, -0.2) is 24.3 Å². The van der Waals surface area contributed by atoms with Gasteiger partial charge >= 0.3 is 6.03 Å². The molecular formula is C7H9ClN2O2S. The van der Waals surface area contributed by atoms with E-state index in [9.17, 15) is 4.79 Å². The molecule has 0 radical (unpaired) electrons. The molecular weight excluding hydrogens is 212 g/mol. The highest BCUT2D eigenvalue weighted by atomic mass is 35.5. The number of thiophene rings is 1. The molecule has 0 fully saturated rings. The summed E-state index contributed by atoms with van der Waals surface area (Å²) >= 11 is 6.94. The third-order valence-electron chi connectivity index (χ3n) is 1.21. The highest BCUT2D eigenvalue weighted by Gasteiger charge is 2.02. The van der Waals surface area contributed by atoms with Crippen LogP contribution in [0.3, 0.4) is 0 Å². The molecule has 0 atom stereocenters. The van der Waals surface area contributed by atoms with E-state index in [4.69, 9.17) is 16.7 Å². The normalized spacial score (nSPS) is 9.69. The Morgan fingerprint density at radius 2 is 2.38 bits per heavy atom. The monoisotopic (exact) mass is 220 g/mol. The van der Waals surface area contributed by atoms with Crippen LogP contribution < -0.4 is 10.6 Å². The van der Waals surface area contributed by atoms with Crippen LogP contribution in [0.5, 0.6) is 0 Å². The lowest BCUT2D eigenvalue weighted by molar-refractivity contribution is 0.245. The van der Waals surface area contributed by atoms with Crippen LogP contribution in [0.2, 0.25) is 4.34 Å². The first kappa shape index (κ1) is 10.3. The minimum Gasteiger partial charge on any atom is -0.395 e. The number of amides is 2. The number of hydrogen-bond acceptors (Lipinski definition) is 3. The van der Waals surface area contributed by atoms with Crippen LogP contribution >= 0.6 is 22.9 Å². The maximum atomic E-state index is 11.0. The largest absolute Gasteiger partial charge is 0.395 e. The van der Waals surface area contributed by atoms with Crippen molar-refractivity contribution >= 4 is 34.0 Å². The van der Waals surface area contributed by atoms with Gasteiger partial charge in [-0.15, -0.1) is 11.3 Å². The number of halogens is 1. The molecule has 0 aliphatic heterocycles. The van der Waals surface area contributed by atoms with Crippen molar-refractivity contribution in [3.05, 3.63) is 16.5 Å². The molecule has 0 unspecified atom stereocenters. The summed E-state index contributed by atoms with van der Waals surface area (Å²) < 4.78 is 0.623. The molecule has 2 amide bonds. The Kier molecular flexibility index (Phi) is 4.01. The Hall–Kier alpha value is -0.780. The lowest BCUT2D eigenvalue weighted by Gasteiger charge is -2.02. The van der Waals surface area contributed by atoms with Crippen LogP contribution in [0.4, 0.5) is 9.80 Å². The molecule has 0 saturated heterocycles. The first-order valence-corrected chi connectivity index (χ1v) is 4.83. The zero-order valence-electron chi connectivity index (χ0n) is 6.71. The Morgan fingerprint density at radius 1 is 1.62 bits per heavy atom. The van der Waals surface area contributed by atoms with Gasteiger partial charge in [-0.3, -0.25) is 5.32 Å². The van der Waals surface area contributed by atoms with Crippen LogP contribution in [-0.2, 0) is 0 Å². The second kappa shape index (κ2) is 5.06. The number of carbonyl (C=O) groups is 1. The fourth-order valence-corrected chi connectivity index (χ4v) is 1.65. The van der Waals surface area contributed by atoms with Gasteiger partial charge in [-0.2, -0.15) is 0 Å². The zero-order chi connectivity index (χ0) is 9.68. The number of nitrogens with one attached hydrogen (secondary N) is 2. The Morgan fingerprint density at radius 3 is 2.92 bits per heavy atom. The Labute approximate surface area is 84.5 Å². The molecule has 0 aliphatic rings. The van der Waals surface area contributed by atoms with Crippen molar-refractivity contribution < 1.29 is 9.90 Å². The van der Waals surface area contributed by atoms with Gasteiger partial charge in [0.05, 0.1) is 15.9 Å². The van der Waals surface area contributed by atoms with E-state index in [1.54, 1.807) is 12.1 Å². The summed E-state index contributed by atoms with van der Waals surface area (Å²) in [4.78, 5) is 11.0. The van der Waals surface area contributed by atoms with Crippen molar-refractivity contribution in [3.8, 4) is 0 Å². The summed E-state index contributed by atoms with van der Waals surface area (Å²) in [5.41, 5.74) is 0. The summed E-state index contributed by atoms with van der Waals surface area (Å²) in [6.07, 6.45) is 0. The van der Waals surface area contributed by atoms with Crippen LogP contribution in [0.25, 0.3) is 0 Å². The molecule has 1 aromatic rings. The molecule has 1 rings (SSSR count).